The molecule has 0 atom stereocenters. The molecular formula is C21H15BrF2N2OS. The number of amides is 1. The second-order valence-electron chi connectivity index (χ2n) is 6.32. The van der Waals surface area contributed by atoms with Gasteiger partial charge in [0.2, 0.25) is 0 Å². The van der Waals surface area contributed by atoms with Gasteiger partial charge in [0.1, 0.15) is 17.3 Å². The van der Waals surface area contributed by atoms with Crippen LogP contribution in [0.25, 0.3) is 10.2 Å². The van der Waals surface area contributed by atoms with Gasteiger partial charge in [-0.05, 0) is 33.6 Å². The van der Waals surface area contributed by atoms with E-state index in [1.807, 2.05) is 35.7 Å². The number of nitrogens with one attached hydrogen (secondary N) is 1. The molecule has 142 valence electrons. The van der Waals surface area contributed by atoms with Crippen molar-refractivity contribution in [2.45, 2.75) is 13.1 Å². The van der Waals surface area contributed by atoms with Gasteiger partial charge in [-0.3, -0.25) is 4.79 Å². The standard InChI is InChI=1S/C21H15BrF2N2OS/c22-16-12-28-19-9-18(21(27)25-10-13-4-2-1-3-5-13)26(20(16)19)11-14-6-7-15(23)8-17(14)24/h1-9,12H,10-11H2,(H,25,27). The van der Waals surface area contributed by atoms with Gasteiger partial charge in [0, 0.05) is 23.6 Å². The molecule has 0 aliphatic carbocycles. The monoisotopic (exact) mass is 460 g/mol. The van der Waals surface area contributed by atoms with E-state index in [-0.39, 0.29) is 12.5 Å². The predicted molar refractivity (Wildman–Crippen MR) is 111 cm³/mol. The zero-order valence-electron chi connectivity index (χ0n) is 14.6. The van der Waals surface area contributed by atoms with E-state index in [1.165, 1.54) is 23.5 Å². The summed E-state index contributed by atoms with van der Waals surface area (Å²) in [5, 5.41) is 4.84. The van der Waals surface area contributed by atoms with Gasteiger partial charge in [-0.15, -0.1) is 11.3 Å². The van der Waals surface area contributed by atoms with Crippen LogP contribution < -0.4 is 5.32 Å². The number of benzene rings is 2. The van der Waals surface area contributed by atoms with Gasteiger partial charge in [0.05, 0.1) is 21.2 Å². The molecule has 2 aromatic carbocycles. The number of hydrogen-bond acceptors (Lipinski definition) is 2. The van der Waals surface area contributed by atoms with Crippen molar-refractivity contribution < 1.29 is 13.6 Å². The Hall–Kier alpha value is -2.51. The number of aromatic nitrogens is 1. The van der Waals surface area contributed by atoms with Crippen molar-refractivity contribution in [3.63, 3.8) is 0 Å². The highest BCUT2D eigenvalue weighted by Crippen LogP contribution is 2.34. The number of halogens is 3. The molecule has 1 N–H and O–H groups in total. The molecule has 0 spiro atoms. The third kappa shape index (κ3) is 3.72. The normalized spacial score (nSPS) is 11.1. The first-order valence-corrected chi connectivity index (χ1v) is 10.2. The van der Waals surface area contributed by atoms with Crippen LogP contribution in [0.2, 0.25) is 0 Å². The van der Waals surface area contributed by atoms with E-state index in [9.17, 15) is 13.6 Å². The fraction of sp³-hybridized carbons (Fsp3) is 0.0952. The molecule has 3 nitrogen and oxygen atoms in total. The summed E-state index contributed by atoms with van der Waals surface area (Å²) in [7, 11) is 0. The largest absolute Gasteiger partial charge is 0.347 e. The number of hydrogen-bond donors (Lipinski definition) is 1. The first kappa shape index (κ1) is 18.8. The summed E-state index contributed by atoms with van der Waals surface area (Å²) >= 11 is 5.00. The lowest BCUT2D eigenvalue weighted by Crippen LogP contribution is -2.25. The van der Waals surface area contributed by atoms with E-state index in [2.05, 4.69) is 21.2 Å². The minimum atomic E-state index is -0.635. The van der Waals surface area contributed by atoms with E-state index >= 15 is 0 Å². The summed E-state index contributed by atoms with van der Waals surface area (Å²) in [5.41, 5.74) is 2.55. The molecule has 0 unspecified atom stereocenters. The quantitative estimate of drug-likeness (QED) is 0.405. The van der Waals surface area contributed by atoms with Gasteiger partial charge in [-0.25, -0.2) is 8.78 Å². The van der Waals surface area contributed by atoms with Crippen molar-refractivity contribution in [2.75, 3.05) is 0 Å². The van der Waals surface area contributed by atoms with Gasteiger partial charge in [-0.2, -0.15) is 0 Å². The van der Waals surface area contributed by atoms with Gasteiger partial charge in [0.25, 0.3) is 5.91 Å². The molecule has 0 aliphatic rings. The van der Waals surface area contributed by atoms with E-state index in [0.717, 1.165) is 26.3 Å². The molecule has 7 heteroatoms. The van der Waals surface area contributed by atoms with Crippen molar-refractivity contribution in [1.82, 2.24) is 9.88 Å². The average Bonchev–Trinajstić information content (AvgIpc) is 3.23. The third-order valence-electron chi connectivity index (χ3n) is 4.45. The number of rotatable bonds is 5. The summed E-state index contributed by atoms with van der Waals surface area (Å²) in [5.74, 6) is -1.51. The Bertz CT molecular complexity index is 1150. The van der Waals surface area contributed by atoms with Crippen LogP contribution >= 0.6 is 27.3 Å². The maximum absolute atomic E-state index is 14.2. The summed E-state index contributed by atoms with van der Waals surface area (Å²) in [4.78, 5) is 12.9. The van der Waals surface area contributed by atoms with E-state index < -0.39 is 11.6 Å². The average molecular weight is 461 g/mol. The Morgan fingerprint density at radius 3 is 2.64 bits per heavy atom. The molecule has 4 rings (SSSR count). The molecule has 0 saturated heterocycles. The zero-order chi connectivity index (χ0) is 19.7. The number of carbonyl (C=O) groups excluding carboxylic acids is 1. The maximum Gasteiger partial charge on any atom is 0.268 e. The second-order valence-corrected chi connectivity index (χ2v) is 8.08. The van der Waals surface area contributed by atoms with Crippen LogP contribution in [0.3, 0.4) is 0 Å². The smallest absolute Gasteiger partial charge is 0.268 e. The summed E-state index contributed by atoms with van der Waals surface area (Å²) in [6.07, 6.45) is 0. The number of carbonyl (C=O) groups is 1. The van der Waals surface area contributed by atoms with Gasteiger partial charge in [0.15, 0.2) is 0 Å². The highest BCUT2D eigenvalue weighted by atomic mass is 79.9. The van der Waals surface area contributed by atoms with E-state index in [1.54, 1.807) is 10.6 Å². The number of nitrogens with zero attached hydrogens (tertiary/aromatic N) is 1. The van der Waals surface area contributed by atoms with Crippen LogP contribution in [0.1, 0.15) is 21.6 Å². The van der Waals surface area contributed by atoms with Gasteiger partial charge >= 0.3 is 0 Å². The molecule has 28 heavy (non-hydrogen) atoms. The van der Waals surface area contributed by atoms with Crippen LogP contribution in [0, 0.1) is 11.6 Å². The fourth-order valence-electron chi connectivity index (χ4n) is 3.07. The first-order chi connectivity index (χ1) is 13.5. The van der Waals surface area contributed by atoms with Crippen molar-refractivity contribution in [3.05, 3.63) is 92.9 Å². The molecule has 0 radical (unpaired) electrons. The summed E-state index contributed by atoms with van der Waals surface area (Å²) in [6.45, 7) is 0.517. The number of thiophene rings is 1. The van der Waals surface area contributed by atoms with Crippen molar-refractivity contribution in [2.24, 2.45) is 0 Å². The van der Waals surface area contributed by atoms with Crippen molar-refractivity contribution >= 4 is 43.4 Å². The SMILES string of the molecule is O=C(NCc1ccccc1)c1cc2scc(Br)c2n1Cc1ccc(F)cc1F. The minimum absolute atomic E-state index is 0.124. The van der Waals surface area contributed by atoms with Gasteiger partial charge < -0.3 is 9.88 Å². The van der Waals surface area contributed by atoms with Crippen LogP contribution in [0.5, 0.6) is 0 Å². The summed E-state index contributed by atoms with van der Waals surface area (Å²) < 4.78 is 31.0. The van der Waals surface area contributed by atoms with Crippen LogP contribution in [-0.4, -0.2) is 10.5 Å². The van der Waals surface area contributed by atoms with Crippen LogP contribution in [0.4, 0.5) is 8.78 Å². The molecule has 2 heterocycles. The molecule has 1 amide bonds. The maximum atomic E-state index is 14.2. The highest BCUT2D eigenvalue weighted by molar-refractivity contribution is 9.10. The Labute approximate surface area is 172 Å². The Morgan fingerprint density at radius 1 is 1.11 bits per heavy atom. The fourth-order valence-corrected chi connectivity index (χ4v) is 4.77. The zero-order valence-corrected chi connectivity index (χ0v) is 17.0. The lowest BCUT2D eigenvalue weighted by molar-refractivity contribution is 0.0942. The molecular weight excluding hydrogens is 446 g/mol. The Kier molecular flexibility index (Phi) is 5.28. The predicted octanol–water partition coefficient (Wildman–Crippen LogP) is 5.72. The van der Waals surface area contributed by atoms with E-state index in [4.69, 9.17) is 0 Å². The molecule has 4 aromatic rings. The van der Waals surface area contributed by atoms with Crippen LogP contribution in [-0.2, 0) is 13.1 Å². The third-order valence-corrected chi connectivity index (χ3v) is 6.28. The second kappa shape index (κ2) is 7.85. The first-order valence-electron chi connectivity index (χ1n) is 8.55. The van der Waals surface area contributed by atoms with Crippen LogP contribution in [0.15, 0.2) is 64.5 Å². The lowest BCUT2D eigenvalue weighted by atomic mass is 10.2. The topological polar surface area (TPSA) is 34.0 Å². The molecule has 0 aliphatic heterocycles. The molecule has 2 aromatic heterocycles. The number of fused-ring (bicyclic) bond motifs is 1. The molecule has 0 bridgehead atoms. The Balaban J connectivity index is 1.68. The van der Waals surface area contributed by atoms with Crippen molar-refractivity contribution in [1.29, 1.82) is 0 Å². The molecule has 0 fully saturated rings. The lowest BCUT2D eigenvalue weighted by Gasteiger charge is -2.12. The molecule has 0 saturated carbocycles. The highest BCUT2D eigenvalue weighted by Gasteiger charge is 2.20. The van der Waals surface area contributed by atoms with Gasteiger partial charge in [-0.1, -0.05) is 36.4 Å². The van der Waals surface area contributed by atoms with Crippen molar-refractivity contribution in [3.8, 4) is 0 Å². The van der Waals surface area contributed by atoms with E-state index in [0.29, 0.717) is 17.8 Å². The Morgan fingerprint density at radius 2 is 1.89 bits per heavy atom. The summed E-state index contributed by atoms with van der Waals surface area (Å²) in [6, 6.07) is 14.9. The minimum Gasteiger partial charge on any atom is -0.347 e.